The highest BCUT2D eigenvalue weighted by molar-refractivity contribution is 6.01. The van der Waals surface area contributed by atoms with Crippen LogP contribution < -0.4 is 21.3 Å². The highest BCUT2D eigenvalue weighted by Crippen LogP contribution is 2.60. The Balaban J connectivity index is 1.44. The Bertz CT molecular complexity index is 1130. The van der Waals surface area contributed by atoms with E-state index in [4.69, 9.17) is 10.5 Å². The molecule has 0 spiro atoms. The maximum atomic E-state index is 15.2. The van der Waals surface area contributed by atoms with E-state index < -0.39 is 35.6 Å². The molecule has 4 N–H and O–H groups in total. The number of carbonyl (C=O) groups is 1. The van der Waals surface area contributed by atoms with Crippen molar-refractivity contribution in [1.29, 1.82) is 0 Å². The molecule has 4 aliphatic rings. The minimum Gasteiger partial charge on any atom is -0.379 e. The molecule has 1 atom stereocenters. The fraction of sp³-hybridized carbons (Fsp3) is 0.480. The maximum Gasteiger partial charge on any atom is 0.266 e. The predicted octanol–water partition coefficient (Wildman–Crippen LogP) is 4.28. The van der Waals surface area contributed by atoms with Crippen molar-refractivity contribution in [2.75, 3.05) is 36.5 Å². The van der Waals surface area contributed by atoms with Crippen molar-refractivity contribution >= 4 is 17.3 Å². The first-order valence-electron chi connectivity index (χ1n) is 11.7. The Labute approximate surface area is 200 Å². The van der Waals surface area contributed by atoms with E-state index in [0.717, 1.165) is 25.3 Å². The molecule has 35 heavy (non-hydrogen) atoms. The topological polar surface area (TPSA) is 79.6 Å². The summed E-state index contributed by atoms with van der Waals surface area (Å²) in [6, 6.07) is 5.61. The molecule has 1 amide bonds. The van der Waals surface area contributed by atoms with Gasteiger partial charge < -0.3 is 26.0 Å². The zero-order valence-electron chi connectivity index (χ0n) is 19.3. The fourth-order valence-electron chi connectivity index (χ4n) is 5.61. The zero-order valence-corrected chi connectivity index (χ0v) is 19.3. The number of ether oxygens (including phenoxy) is 1. The van der Waals surface area contributed by atoms with E-state index >= 15 is 4.39 Å². The molecular weight excluding hydrogens is 464 g/mol. The molecule has 4 fully saturated rings. The number of hydrogen-bond donors (Lipinski definition) is 3. The van der Waals surface area contributed by atoms with Gasteiger partial charge in [-0.2, -0.15) is 0 Å². The van der Waals surface area contributed by atoms with E-state index in [1.165, 1.54) is 31.2 Å². The summed E-state index contributed by atoms with van der Waals surface area (Å²) < 4.78 is 61.5. The van der Waals surface area contributed by atoms with Gasteiger partial charge in [0.1, 0.15) is 11.6 Å². The third kappa shape index (κ3) is 4.33. The number of hydrogen-bond acceptors (Lipinski definition) is 5. The van der Waals surface area contributed by atoms with Crippen LogP contribution in [-0.4, -0.2) is 43.3 Å². The van der Waals surface area contributed by atoms with Crippen LogP contribution in [0.5, 0.6) is 0 Å². The number of benzene rings is 2. The van der Waals surface area contributed by atoms with Gasteiger partial charge in [-0.05, 0) is 38.3 Å². The Hall–Kier alpha value is -2.85. The fourth-order valence-corrected chi connectivity index (χ4v) is 5.61. The zero-order chi connectivity index (χ0) is 25.0. The number of halogens is 4. The lowest BCUT2D eigenvalue weighted by atomic mass is 9.44. The Morgan fingerprint density at radius 3 is 2.40 bits per heavy atom. The number of nitrogens with one attached hydrogen (secondary N) is 2. The first-order chi connectivity index (χ1) is 16.6. The van der Waals surface area contributed by atoms with Gasteiger partial charge >= 0.3 is 0 Å². The summed E-state index contributed by atoms with van der Waals surface area (Å²) in [5.74, 6) is -2.09. The molecule has 3 aliphatic carbocycles. The van der Waals surface area contributed by atoms with Crippen molar-refractivity contribution in [2.45, 2.75) is 49.7 Å². The summed E-state index contributed by atoms with van der Waals surface area (Å²) in [4.78, 5) is 15.2. The number of anilines is 2. The van der Waals surface area contributed by atoms with Crippen molar-refractivity contribution in [3.63, 3.8) is 0 Å². The van der Waals surface area contributed by atoms with Crippen molar-refractivity contribution in [2.24, 2.45) is 5.73 Å². The monoisotopic (exact) mass is 492 g/mol. The van der Waals surface area contributed by atoms with E-state index in [1.54, 1.807) is 0 Å². The third-order valence-electron chi connectivity index (χ3n) is 7.26. The summed E-state index contributed by atoms with van der Waals surface area (Å²) in [6.45, 7) is 3.36. The van der Waals surface area contributed by atoms with Gasteiger partial charge in [0.05, 0.1) is 41.8 Å². The van der Waals surface area contributed by atoms with Crippen LogP contribution in [0.2, 0.25) is 0 Å². The average Bonchev–Trinajstić information content (AvgIpc) is 2.77. The normalized spacial score (nSPS) is 26.1. The highest BCUT2D eigenvalue weighted by Gasteiger charge is 2.66. The smallest absolute Gasteiger partial charge is 0.266 e. The predicted molar refractivity (Wildman–Crippen MR) is 124 cm³/mol. The van der Waals surface area contributed by atoms with Gasteiger partial charge in [0.25, 0.3) is 12.3 Å². The second kappa shape index (κ2) is 8.67. The molecule has 2 aromatic rings. The molecule has 6 nitrogen and oxygen atoms in total. The highest BCUT2D eigenvalue weighted by atomic mass is 19.3. The lowest BCUT2D eigenvalue weighted by Crippen LogP contribution is -2.79. The van der Waals surface area contributed by atoms with Crippen LogP contribution in [0.4, 0.5) is 28.9 Å². The summed E-state index contributed by atoms with van der Waals surface area (Å²) in [5, 5.41) is 6.01. The molecule has 0 radical (unpaired) electrons. The number of carbonyl (C=O) groups excluding carboxylic acids is 1. The minimum atomic E-state index is -2.97. The number of morpholine rings is 1. The van der Waals surface area contributed by atoms with Crippen LogP contribution in [-0.2, 0) is 4.74 Å². The Morgan fingerprint density at radius 2 is 1.77 bits per heavy atom. The molecule has 2 aromatic carbocycles. The molecule has 1 saturated heterocycles. The van der Waals surface area contributed by atoms with Crippen LogP contribution in [0.15, 0.2) is 30.3 Å². The van der Waals surface area contributed by atoms with Gasteiger partial charge in [-0.3, -0.25) is 4.79 Å². The van der Waals surface area contributed by atoms with E-state index in [9.17, 15) is 18.0 Å². The molecule has 188 valence electrons. The van der Waals surface area contributed by atoms with E-state index in [-0.39, 0.29) is 27.9 Å². The van der Waals surface area contributed by atoms with Crippen molar-refractivity contribution in [3.8, 4) is 0 Å². The molecule has 10 heteroatoms. The minimum absolute atomic E-state index is 0.0503. The molecule has 6 rings (SSSR count). The second-order valence-corrected chi connectivity index (χ2v) is 9.99. The molecule has 0 unspecified atom stereocenters. The Kier molecular flexibility index (Phi) is 5.91. The number of rotatable bonds is 7. The maximum absolute atomic E-state index is 15.2. The largest absolute Gasteiger partial charge is 0.379 e. The quantitative estimate of drug-likeness (QED) is 0.503. The van der Waals surface area contributed by atoms with Crippen LogP contribution in [0.3, 0.4) is 0 Å². The van der Waals surface area contributed by atoms with Gasteiger partial charge in [-0.25, -0.2) is 17.6 Å². The summed E-state index contributed by atoms with van der Waals surface area (Å²) in [6.07, 6.45) is -0.775. The molecule has 2 bridgehead atoms. The Morgan fingerprint density at radius 1 is 1.11 bits per heavy atom. The van der Waals surface area contributed by atoms with Crippen molar-refractivity contribution in [3.05, 3.63) is 58.7 Å². The van der Waals surface area contributed by atoms with E-state index in [1.807, 2.05) is 4.90 Å². The number of nitrogens with zero attached hydrogens (tertiary/aromatic N) is 1. The molecule has 1 heterocycles. The molecule has 1 aliphatic heterocycles. The van der Waals surface area contributed by atoms with Gasteiger partial charge in [-0.1, -0.05) is 18.2 Å². The van der Waals surface area contributed by atoms with Gasteiger partial charge in [-0.15, -0.1) is 0 Å². The van der Waals surface area contributed by atoms with E-state index in [0.29, 0.717) is 32.0 Å². The average molecular weight is 493 g/mol. The van der Waals surface area contributed by atoms with E-state index in [2.05, 4.69) is 10.6 Å². The van der Waals surface area contributed by atoms with Gasteiger partial charge in [0.2, 0.25) is 0 Å². The second-order valence-electron chi connectivity index (χ2n) is 9.99. The summed E-state index contributed by atoms with van der Waals surface area (Å²) in [5.41, 5.74) is 5.72. The lowest BCUT2D eigenvalue weighted by molar-refractivity contribution is -0.0318. The molecule has 0 aromatic heterocycles. The molecule has 3 saturated carbocycles. The van der Waals surface area contributed by atoms with Crippen molar-refractivity contribution in [1.82, 2.24) is 5.32 Å². The standard InChI is InChI=1S/C25H28F4N4O2/c1-14(15-3-2-4-16(21(15)27)22(28)29)31-23(34)17-9-20(33-5-7-35-8-6-33)18(26)10-19(17)32-25-11-24(30,12-25)13-25/h2-4,9-10,14,22,32H,5-8,11-13,30H2,1H3,(H,31,34)/t14-,24?,25?/m1/s1. The van der Waals surface area contributed by atoms with Crippen LogP contribution >= 0.6 is 0 Å². The number of amides is 1. The lowest BCUT2D eigenvalue weighted by Gasteiger charge is -2.69. The molecular formula is C25H28F4N4O2. The van der Waals surface area contributed by atoms with Crippen LogP contribution in [0.25, 0.3) is 0 Å². The number of nitrogens with two attached hydrogens (primary N) is 1. The van der Waals surface area contributed by atoms with Gasteiger partial charge in [0.15, 0.2) is 0 Å². The van der Waals surface area contributed by atoms with Crippen molar-refractivity contribution < 1.29 is 27.1 Å². The van der Waals surface area contributed by atoms with Crippen LogP contribution in [0.1, 0.15) is 60.1 Å². The SMILES string of the molecule is C[C@@H](NC(=O)c1cc(N2CCOCC2)c(F)cc1NC12CC(N)(C1)C2)c1cccc(C(F)F)c1F. The third-order valence-corrected chi connectivity index (χ3v) is 7.26. The van der Waals surface area contributed by atoms with Crippen LogP contribution in [0, 0.1) is 11.6 Å². The first-order valence-corrected chi connectivity index (χ1v) is 11.7. The first kappa shape index (κ1) is 23.9. The summed E-state index contributed by atoms with van der Waals surface area (Å²) >= 11 is 0. The number of alkyl halides is 2. The van der Waals surface area contributed by atoms with Gasteiger partial charge in [0, 0.05) is 29.7 Å². The summed E-state index contributed by atoms with van der Waals surface area (Å²) in [7, 11) is 0.